The molecule has 0 aliphatic carbocycles. The van der Waals surface area contributed by atoms with Crippen molar-refractivity contribution >= 4 is 15.7 Å². The zero-order valence-corrected chi connectivity index (χ0v) is 16.1. The summed E-state index contributed by atoms with van der Waals surface area (Å²) < 4.78 is 26.8. The third kappa shape index (κ3) is 3.45. The van der Waals surface area contributed by atoms with Gasteiger partial charge in [-0.25, -0.2) is 8.42 Å². The molecule has 28 heavy (non-hydrogen) atoms. The molecule has 0 unspecified atom stereocenters. The predicted molar refractivity (Wildman–Crippen MR) is 108 cm³/mol. The lowest BCUT2D eigenvalue weighted by molar-refractivity contribution is -0.127. The Bertz CT molecular complexity index is 1050. The number of benzene rings is 3. The second-order valence-electron chi connectivity index (χ2n) is 7.00. The molecule has 1 saturated heterocycles. The molecule has 2 atom stereocenters. The number of sulfone groups is 1. The van der Waals surface area contributed by atoms with Crippen LogP contribution in [0.25, 0.3) is 0 Å². The first-order valence-electron chi connectivity index (χ1n) is 9.24. The van der Waals surface area contributed by atoms with E-state index in [4.69, 9.17) is 0 Å². The number of carbonyl (C=O) groups excluding carboxylic acids is 1. The monoisotopic (exact) mass is 391 g/mol. The molecule has 1 aliphatic rings. The maximum absolute atomic E-state index is 13.4. The topological polar surface area (TPSA) is 54.5 Å². The standard InChI is InChI=1S/C23H21NO3S/c25-23-22(28(26,27)20-14-8-3-9-15-20)21(19-12-6-2-7-13-19)17-24(23)16-18-10-4-1-5-11-18/h1-15,21-22H,16-17H2/t21-,22-/m1/s1. The number of carbonyl (C=O) groups is 1. The first-order chi connectivity index (χ1) is 13.6. The predicted octanol–water partition coefficient (Wildman–Crippen LogP) is 3.66. The van der Waals surface area contributed by atoms with E-state index < -0.39 is 21.0 Å². The van der Waals surface area contributed by atoms with Crippen molar-refractivity contribution in [3.8, 4) is 0 Å². The van der Waals surface area contributed by atoms with Gasteiger partial charge in [-0.15, -0.1) is 0 Å². The second kappa shape index (κ2) is 7.60. The molecule has 1 aliphatic heterocycles. The van der Waals surface area contributed by atoms with Gasteiger partial charge in [0.2, 0.25) is 5.91 Å². The summed E-state index contributed by atoms with van der Waals surface area (Å²) in [7, 11) is -3.80. The highest BCUT2D eigenvalue weighted by Crippen LogP contribution is 2.36. The fraction of sp³-hybridized carbons (Fsp3) is 0.174. The lowest BCUT2D eigenvalue weighted by atomic mass is 9.98. The molecule has 0 spiro atoms. The average molecular weight is 391 g/mol. The molecule has 4 nitrogen and oxygen atoms in total. The zero-order valence-electron chi connectivity index (χ0n) is 15.3. The molecular weight excluding hydrogens is 370 g/mol. The Hall–Kier alpha value is -2.92. The van der Waals surface area contributed by atoms with Gasteiger partial charge < -0.3 is 4.90 Å². The van der Waals surface area contributed by atoms with Crippen molar-refractivity contribution in [3.05, 3.63) is 102 Å². The number of likely N-dealkylation sites (tertiary alicyclic amines) is 1. The minimum Gasteiger partial charge on any atom is -0.337 e. The van der Waals surface area contributed by atoms with E-state index in [0.29, 0.717) is 13.1 Å². The second-order valence-corrected chi connectivity index (χ2v) is 9.07. The van der Waals surface area contributed by atoms with Crippen LogP contribution in [0.3, 0.4) is 0 Å². The van der Waals surface area contributed by atoms with Gasteiger partial charge in [-0.3, -0.25) is 4.79 Å². The average Bonchev–Trinajstić information content (AvgIpc) is 3.07. The molecule has 5 heteroatoms. The van der Waals surface area contributed by atoms with E-state index in [1.165, 1.54) is 0 Å². The van der Waals surface area contributed by atoms with Gasteiger partial charge in [0.05, 0.1) is 4.90 Å². The third-order valence-corrected chi connectivity index (χ3v) is 7.32. The van der Waals surface area contributed by atoms with Crippen LogP contribution in [-0.2, 0) is 21.2 Å². The summed E-state index contributed by atoms with van der Waals surface area (Å²) in [6.45, 7) is 0.790. The Morgan fingerprint density at radius 1 is 0.786 bits per heavy atom. The van der Waals surface area contributed by atoms with Crippen LogP contribution in [-0.4, -0.2) is 31.0 Å². The third-order valence-electron chi connectivity index (χ3n) is 5.19. The summed E-state index contributed by atoms with van der Waals surface area (Å²) in [5.74, 6) is -0.732. The van der Waals surface area contributed by atoms with Crippen molar-refractivity contribution in [1.29, 1.82) is 0 Å². The first-order valence-corrected chi connectivity index (χ1v) is 10.8. The lowest BCUT2D eigenvalue weighted by Crippen LogP contribution is -2.35. The number of nitrogens with zero attached hydrogens (tertiary/aromatic N) is 1. The van der Waals surface area contributed by atoms with E-state index in [2.05, 4.69) is 0 Å². The van der Waals surface area contributed by atoms with Crippen LogP contribution in [0.15, 0.2) is 95.9 Å². The fourth-order valence-corrected chi connectivity index (χ4v) is 5.73. The van der Waals surface area contributed by atoms with E-state index >= 15 is 0 Å². The fourth-order valence-electron chi connectivity index (χ4n) is 3.81. The SMILES string of the molecule is O=C1[C@H](S(=O)(=O)c2ccccc2)[C@@H](c2ccccc2)CN1Cc1ccccc1. The lowest BCUT2D eigenvalue weighted by Gasteiger charge is -2.17. The van der Waals surface area contributed by atoms with E-state index in [0.717, 1.165) is 11.1 Å². The number of amides is 1. The molecule has 0 saturated carbocycles. The molecule has 1 amide bonds. The summed E-state index contributed by atoms with van der Waals surface area (Å²) in [6.07, 6.45) is 0. The molecule has 1 heterocycles. The quantitative estimate of drug-likeness (QED) is 0.667. The molecule has 0 radical (unpaired) electrons. The first kappa shape index (κ1) is 18.4. The molecule has 3 aromatic rings. The van der Waals surface area contributed by atoms with Gasteiger partial charge in [-0.2, -0.15) is 0 Å². The van der Waals surface area contributed by atoms with E-state index in [1.54, 1.807) is 35.2 Å². The highest BCUT2D eigenvalue weighted by molar-refractivity contribution is 7.92. The summed E-state index contributed by atoms with van der Waals surface area (Å²) >= 11 is 0. The zero-order chi connectivity index (χ0) is 19.6. The van der Waals surface area contributed by atoms with Crippen LogP contribution >= 0.6 is 0 Å². The van der Waals surface area contributed by atoms with Crippen molar-refractivity contribution in [2.24, 2.45) is 0 Å². The maximum atomic E-state index is 13.4. The van der Waals surface area contributed by atoms with E-state index in [9.17, 15) is 13.2 Å². The molecule has 4 rings (SSSR count). The van der Waals surface area contributed by atoms with Gasteiger partial charge >= 0.3 is 0 Å². The van der Waals surface area contributed by atoms with E-state index in [1.807, 2.05) is 60.7 Å². The van der Waals surface area contributed by atoms with Crippen LogP contribution in [0.2, 0.25) is 0 Å². The smallest absolute Gasteiger partial charge is 0.242 e. The van der Waals surface area contributed by atoms with Crippen LogP contribution in [0, 0.1) is 0 Å². The summed E-state index contributed by atoms with van der Waals surface area (Å²) in [5, 5.41) is -1.11. The minimum absolute atomic E-state index is 0.191. The van der Waals surface area contributed by atoms with Crippen molar-refractivity contribution in [2.45, 2.75) is 22.6 Å². The van der Waals surface area contributed by atoms with Gasteiger partial charge in [0.25, 0.3) is 0 Å². The van der Waals surface area contributed by atoms with Crippen molar-refractivity contribution in [1.82, 2.24) is 4.90 Å². The van der Waals surface area contributed by atoms with Gasteiger partial charge in [0.15, 0.2) is 15.1 Å². The summed E-state index contributed by atoms with van der Waals surface area (Å²) in [4.78, 5) is 15.1. The summed E-state index contributed by atoms with van der Waals surface area (Å²) in [5.41, 5.74) is 1.86. The van der Waals surface area contributed by atoms with Crippen LogP contribution < -0.4 is 0 Å². The molecule has 0 aromatic heterocycles. The Morgan fingerprint density at radius 2 is 1.32 bits per heavy atom. The normalized spacial score (nSPS) is 19.7. The van der Waals surface area contributed by atoms with Crippen molar-refractivity contribution < 1.29 is 13.2 Å². The van der Waals surface area contributed by atoms with E-state index in [-0.39, 0.29) is 10.8 Å². The molecule has 0 N–H and O–H groups in total. The number of hydrogen-bond acceptors (Lipinski definition) is 3. The largest absolute Gasteiger partial charge is 0.337 e. The van der Waals surface area contributed by atoms with Gasteiger partial charge in [-0.05, 0) is 23.3 Å². The van der Waals surface area contributed by atoms with Crippen molar-refractivity contribution in [3.63, 3.8) is 0 Å². The van der Waals surface area contributed by atoms with Crippen LogP contribution in [0.5, 0.6) is 0 Å². The van der Waals surface area contributed by atoms with Crippen LogP contribution in [0.1, 0.15) is 17.0 Å². The Kier molecular flexibility index (Phi) is 5.01. The Labute approximate surface area is 165 Å². The number of hydrogen-bond donors (Lipinski definition) is 0. The van der Waals surface area contributed by atoms with Gasteiger partial charge in [0, 0.05) is 19.0 Å². The maximum Gasteiger partial charge on any atom is 0.242 e. The summed E-state index contributed by atoms with van der Waals surface area (Å²) in [6, 6.07) is 27.4. The molecule has 1 fully saturated rings. The van der Waals surface area contributed by atoms with Gasteiger partial charge in [-0.1, -0.05) is 78.9 Å². The number of rotatable bonds is 5. The molecule has 3 aromatic carbocycles. The Morgan fingerprint density at radius 3 is 1.93 bits per heavy atom. The highest BCUT2D eigenvalue weighted by atomic mass is 32.2. The van der Waals surface area contributed by atoms with Gasteiger partial charge in [0.1, 0.15) is 0 Å². The molecular formula is C23H21NO3S. The molecule has 0 bridgehead atoms. The minimum atomic E-state index is -3.80. The highest BCUT2D eigenvalue weighted by Gasteiger charge is 2.49. The van der Waals surface area contributed by atoms with Crippen molar-refractivity contribution in [2.75, 3.05) is 6.54 Å². The van der Waals surface area contributed by atoms with Crippen LogP contribution in [0.4, 0.5) is 0 Å². The Balaban J connectivity index is 1.74. The molecule has 142 valence electrons.